The molecule has 0 spiro atoms. The largest absolute Gasteiger partial charge is 0.488 e. The van der Waals surface area contributed by atoms with Crippen molar-refractivity contribution in [3.63, 3.8) is 0 Å². The van der Waals surface area contributed by atoms with Crippen LogP contribution in [0.5, 0.6) is 5.75 Å². The molecule has 1 atom stereocenters. The zero-order valence-corrected chi connectivity index (χ0v) is 11.7. The van der Waals surface area contributed by atoms with Gasteiger partial charge in [0.25, 0.3) is 0 Å². The summed E-state index contributed by atoms with van der Waals surface area (Å²) in [6.07, 6.45) is 1.15. The fourth-order valence-electron chi connectivity index (χ4n) is 2.53. The Labute approximate surface area is 123 Å². The highest BCUT2D eigenvalue weighted by Crippen LogP contribution is 2.27. The zero-order valence-electron chi connectivity index (χ0n) is 11.7. The van der Waals surface area contributed by atoms with E-state index in [1.807, 2.05) is 36.4 Å². The maximum absolute atomic E-state index is 12.0. The number of anilines is 1. The first-order valence-electron chi connectivity index (χ1n) is 7.07. The lowest BCUT2D eigenvalue weighted by atomic mass is 10.1. The summed E-state index contributed by atoms with van der Waals surface area (Å²) >= 11 is 0. The van der Waals surface area contributed by atoms with Gasteiger partial charge in [0.1, 0.15) is 11.9 Å². The molecule has 3 rings (SSSR count). The molecule has 1 unspecified atom stereocenters. The first kappa shape index (κ1) is 13.5. The number of rotatable bonds is 4. The van der Waals surface area contributed by atoms with Crippen molar-refractivity contribution in [3.05, 3.63) is 59.7 Å². The molecule has 21 heavy (non-hydrogen) atoms. The van der Waals surface area contributed by atoms with Gasteiger partial charge < -0.3 is 15.8 Å². The summed E-state index contributed by atoms with van der Waals surface area (Å²) in [6, 6.07) is 15.4. The molecule has 3 N–H and O–H groups in total. The Hall–Kier alpha value is -2.49. The number of carbonyl (C=O) groups is 1. The summed E-state index contributed by atoms with van der Waals surface area (Å²) in [5, 5.41) is 2.92. The van der Waals surface area contributed by atoms with Gasteiger partial charge in [-0.2, -0.15) is 0 Å². The Morgan fingerprint density at radius 1 is 1.19 bits per heavy atom. The molecule has 0 bridgehead atoms. The second-order valence-electron chi connectivity index (χ2n) is 5.23. The smallest absolute Gasteiger partial charge is 0.224 e. The first-order valence-corrected chi connectivity index (χ1v) is 7.07. The Kier molecular flexibility index (Phi) is 3.77. The molecule has 1 aliphatic rings. The molecule has 0 fully saturated rings. The van der Waals surface area contributed by atoms with Gasteiger partial charge in [-0.1, -0.05) is 36.4 Å². The maximum atomic E-state index is 12.0. The highest BCUT2D eigenvalue weighted by molar-refractivity contribution is 5.80. The normalized spacial score (nSPS) is 16.1. The minimum Gasteiger partial charge on any atom is -0.488 e. The number of nitrogen functional groups attached to an aromatic ring is 1. The van der Waals surface area contributed by atoms with E-state index in [1.54, 1.807) is 6.07 Å². The summed E-state index contributed by atoms with van der Waals surface area (Å²) in [7, 11) is 0. The standard InChI is InChI=1S/C17H18N2O2/c18-15-7-3-1-5-12(15)10-17(20)19-11-14-9-13-6-2-4-8-16(13)21-14/h1-8,14H,9-11,18H2,(H,19,20). The molecular formula is C17H18N2O2. The summed E-state index contributed by atoms with van der Waals surface area (Å²) in [6.45, 7) is 0.514. The number of carbonyl (C=O) groups excluding carboxylic acids is 1. The summed E-state index contributed by atoms with van der Waals surface area (Å²) < 4.78 is 5.79. The lowest BCUT2D eigenvalue weighted by molar-refractivity contribution is -0.120. The van der Waals surface area contributed by atoms with Gasteiger partial charge in [0.05, 0.1) is 13.0 Å². The van der Waals surface area contributed by atoms with E-state index >= 15 is 0 Å². The lowest BCUT2D eigenvalue weighted by Gasteiger charge is -2.12. The van der Waals surface area contributed by atoms with Gasteiger partial charge in [-0.3, -0.25) is 4.79 Å². The highest BCUT2D eigenvalue weighted by atomic mass is 16.5. The van der Waals surface area contributed by atoms with E-state index in [1.165, 1.54) is 5.56 Å². The van der Waals surface area contributed by atoms with Gasteiger partial charge in [-0.05, 0) is 23.3 Å². The average molecular weight is 282 g/mol. The van der Waals surface area contributed by atoms with E-state index in [0.717, 1.165) is 17.7 Å². The quantitative estimate of drug-likeness (QED) is 0.842. The molecule has 4 nitrogen and oxygen atoms in total. The molecule has 2 aromatic rings. The topological polar surface area (TPSA) is 64.4 Å². The van der Waals surface area contributed by atoms with Gasteiger partial charge in [0.15, 0.2) is 0 Å². The molecule has 1 aliphatic heterocycles. The number of ether oxygens (including phenoxy) is 1. The molecule has 0 saturated carbocycles. The number of hydrogen-bond donors (Lipinski definition) is 2. The van der Waals surface area contributed by atoms with Gasteiger partial charge in [-0.15, -0.1) is 0 Å². The molecule has 108 valence electrons. The zero-order chi connectivity index (χ0) is 14.7. The molecule has 0 aliphatic carbocycles. The molecule has 0 radical (unpaired) electrons. The number of amides is 1. The Bertz CT molecular complexity index is 630. The van der Waals surface area contributed by atoms with E-state index < -0.39 is 0 Å². The van der Waals surface area contributed by atoms with Crippen molar-refractivity contribution in [2.75, 3.05) is 12.3 Å². The number of para-hydroxylation sites is 2. The average Bonchev–Trinajstić information content (AvgIpc) is 2.90. The fourth-order valence-corrected chi connectivity index (χ4v) is 2.53. The molecule has 0 saturated heterocycles. The summed E-state index contributed by atoms with van der Waals surface area (Å²) in [5.41, 5.74) is 8.54. The van der Waals surface area contributed by atoms with Crippen LogP contribution in [-0.4, -0.2) is 18.6 Å². The highest BCUT2D eigenvalue weighted by Gasteiger charge is 2.22. The lowest BCUT2D eigenvalue weighted by Crippen LogP contribution is -2.35. The fraction of sp³-hybridized carbons (Fsp3) is 0.235. The second kappa shape index (κ2) is 5.87. The molecule has 0 aromatic heterocycles. The first-order chi connectivity index (χ1) is 10.2. The predicted molar refractivity (Wildman–Crippen MR) is 82.1 cm³/mol. The second-order valence-corrected chi connectivity index (χ2v) is 5.23. The third kappa shape index (κ3) is 3.16. The van der Waals surface area contributed by atoms with Crippen molar-refractivity contribution in [2.24, 2.45) is 0 Å². The minimum atomic E-state index is -0.0348. The maximum Gasteiger partial charge on any atom is 0.224 e. The number of nitrogens with one attached hydrogen (secondary N) is 1. The van der Waals surface area contributed by atoms with Crippen LogP contribution in [0, 0.1) is 0 Å². The van der Waals surface area contributed by atoms with Crippen molar-refractivity contribution in [1.82, 2.24) is 5.32 Å². The van der Waals surface area contributed by atoms with E-state index in [9.17, 15) is 4.79 Å². The Balaban J connectivity index is 1.50. The van der Waals surface area contributed by atoms with Gasteiger partial charge in [-0.25, -0.2) is 0 Å². The molecule has 4 heteroatoms. The monoisotopic (exact) mass is 282 g/mol. The number of fused-ring (bicyclic) bond motifs is 1. The van der Waals surface area contributed by atoms with Crippen molar-refractivity contribution in [1.29, 1.82) is 0 Å². The van der Waals surface area contributed by atoms with Crippen LogP contribution >= 0.6 is 0 Å². The van der Waals surface area contributed by atoms with Gasteiger partial charge in [0, 0.05) is 12.1 Å². The van der Waals surface area contributed by atoms with E-state index in [2.05, 4.69) is 11.4 Å². The Morgan fingerprint density at radius 2 is 1.95 bits per heavy atom. The van der Waals surface area contributed by atoms with Crippen molar-refractivity contribution in [3.8, 4) is 5.75 Å². The van der Waals surface area contributed by atoms with Crippen LogP contribution in [0.4, 0.5) is 5.69 Å². The molecule has 2 aromatic carbocycles. The van der Waals surface area contributed by atoms with E-state index in [4.69, 9.17) is 10.5 Å². The van der Waals surface area contributed by atoms with Crippen LogP contribution in [0.25, 0.3) is 0 Å². The number of benzene rings is 2. The SMILES string of the molecule is Nc1ccccc1CC(=O)NCC1Cc2ccccc2O1. The molecular weight excluding hydrogens is 264 g/mol. The van der Waals surface area contributed by atoms with Crippen LogP contribution in [-0.2, 0) is 17.6 Å². The third-order valence-corrected chi connectivity index (χ3v) is 3.65. The minimum absolute atomic E-state index is 0.0134. The van der Waals surface area contributed by atoms with Crippen LogP contribution in [0.3, 0.4) is 0 Å². The van der Waals surface area contributed by atoms with E-state index in [-0.39, 0.29) is 12.0 Å². The van der Waals surface area contributed by atoms with Crippen molar-refractivity contribution < 1.29 is 9.53 Å². The van der Waals surface area contributed by atoms with Crippen molar-refractivity contribution >= 4 is 11.6 Å². The predicted octanol–water partition coefficient (Wildman–Crippen LogP) is 1.93. The summed E-state index contributed by atoms with van der Waals surface area (Å²) in [4.78, 5) is 12.0. The van der Waals surface area contributed by atoms with Gasteiger partial charge in [0.2, 0.25) is 5.91 Å². The number of hydrogen-bond acceptors (Lipinski definition) is 3. The summed E-state index contributed by atoms with van der Waals surface area (Å²) in [5.74, 6) is 0.886. The van der Waals surface area contributed by atoms with Gasteiger partial charge >= 0.3 is 0 Å². The van der Waals surface area contributed by atoms with Crippen LogP contribution in [0.2, 0.25) is 0 Å². The Morgan fingerprint density at radius 3 is 2.76 bits per heavy atom. The molecule has 1 amide bonds. The van der Waals surface area contributed by atoms with Crippen LogP contribution in [0.15, 0.2) is 48.5 Å². The number of nitrogens with two attached hydrogens (primary N) is 1. The third-order valence-electron chi connectivity index (χ3n) is 3.65. The molecule has 1 heterocycles. The van der Waals surface area contributed by atoms with Crippen molar-refractivity contribution in [2.45, 2.75) is 18.9 Å². The van der Waals surface area contributed by atoms with E-state index in [0.29, 0.717) is 18.7 Å². The van der Waals surface area contributed by atoms with Crippen LogP contribution in [0.1, 0.15) is 11.1 Å². The van der Waals surface area contributed by atoms with Crippen LogP contribution < -0.4 is 15.8 Å².